The number of aromatic nitrogens is 1. The highest BCUT2D eigenvalue weighted by atomic mass is 35.5. The predicted molar refractivity (Wildman–Crippen MR) is 122 cm³/mol. The average Bonchev–Trinajstić information content (AvgIpc) is 3.22. The summed E-state index contributed by atoms with van der Waals surface area (Å²) in [6, 6.07) is 14.9. The zero-order valence-corrected chi connectivity index (χ0v) is 18.4. The van der Waals surface area contributed by atoms with E-state index in [1.165, 1.54) is 7.11 Å². The van der Waals surface area contributed by atoms with Crippen molar-refractivity contribution in [3.05, 3.63) is 87.8 Å². The number of hydrogen-bond donors (Lipinski definition) is 1. The van der Waals surface area contributed by atoms with E-state index in [0.717, 1.165) is 21.9 Å². The molecule has 0 unspecified atom stereocenters. The normalized spacial score (nSPS) is 14.8. The van der Waals surface area contributed by atoms with Crippen LogP contribution >= 0.6 is 11.6 Å². The third kappa shape index (κ3) is 3.67. The lowest BCUT2D eigenvalue weighted by Gasteiger charge is -2.13. The molecule has 7 nitrogen and oxygen atoms in total. The summed E-state index contributed by atoms with van der Waals surface area (Å²) in [5.74, 6) is -0.901. The van der Waals surface area contributed by atoms with Crippen LogP contribution in [0.2, 0.25) is 5.02 Å². The summed E-state index contributed by atoms with van der Waals surface area (Å²) in [4.78, 5) is 38.7. The van der Waals surface area contributed by atoms with E-state index in [0.29, 0.717) is 22.0 Å². The van der Waals surface area contributed by atoms with Crippen molar-refractivity contribution in [2.24, 2.45) is 0 Å². The van der Waals surface area contributed by atoms with E-state index >= 15 is 0 Å². The monoisotopic (exact) mass is 449 g/mol. The van der Waals surface area contributed by atoms with Gasteiger partial charge in [0.15, 0.2) is 0 Å². The third-order valence-corrected chi connectivity index (χ3v) is 5.54. The van der Waals surface area contributed by atoms with E-state index < -0.39 is 17.9 Å². The van der Waals surface area contributed by atoms with Crippen LogP contribution < -0.4 is 10.2 Å². The van der Waals surface area contributed by atoms with Crippen LogP contribution in [0, 0.1) is 13.8 Å². The number of imide groups is 1. The number of esters is 1. The van der Waals surface area contributed by atoms with Crippen LogP contribution in [0.1, 0.15) is 27.3 Å². The SMILES string of the molecule is COC(=O)c1ccccc1-n1c(C)cc(/C=C2/NC(=O)N(c3ccc(Cl)cc3)C2=O)c1C. The van der Waals surface area contributed by atoms with Crippen molar-refractivity contribution in [2.75, 3.05) is 12.0 Å². The molecule has 1 aliphatic rings. The van der Waals surface area contributed by atoms with Gasteiger partial charge < -0.3 is 14.6 Å². The van der Waals surface area contributed by atoms with Crippen LogP contribution in [0.3, 0.4) is 0 Å². The summed E-state index contributed by atoms with van der Waals surface area (Å²) in [7, 11) is 1.34. The highest BCUT2D eigenvalue weighted by Gasteiger charge is 2.35. The molecule has 0 aliphatic carbocycles. The minimum absolute atomic E-state index is 0.159. The van der Waals surface area contributed by atoms with Gasteiger partial charge in [-0.3, -0.25) is 4.79 Å². The summed E-state index contributed by atoms with van der Waals surface area (Å²) in [6.07, 6.45) is 1.63. The van der Waals surface area contributed by atoms with Crippen molar-refractivity contribution in [1.82, 2.24) is 9.88 Å². The van der Waals surface area contributed by atoms with Crippen LogP contribution in [0.4, 0.5) is 10.5 Å². The Kier molecular flexibility index (Phi) is 5.59. The number of aryl methyl sites for hydroxylation is 1. The van der Waals surface area contributed by atoms with Gasteiger partial charge in [-0.2, -0.15) is 0 Å². The van der Waals surface area contributed by atoms with Crippen molar-refractivity contribution in [3.63, 3.8) is 0 Å². The Balaban J connectivity index is 1.73. The number of nitrogens with zero attached hydrogens (tertiary/aromatic N) is 2. The Morgan fingerprint density at radius 1 is 1.06 bits per heavy atom. The highest BCUT2D eigenvalue weighted by Crippen LogP contribution is 2.28. The van der Waals surface area contributed by atoms with Gasteiger partial charge in [-0.25, -0.2) is 14.5 Å². The lowest BCUT2D eigenvalue weighted by Crippen LogP contribution is -2.30. The van der Waals surface area contributed by atoms with Crippen molar-refractivity contribution in [1.29, 1.82) is 0 Å². The number of nitrogens with one attached hydrogen (secondary N) is 1. The molecule has 1 saturated heterocycles. The molecule has 162 valence electrons. The van der Waals surface area contributed by atoms with E-state index in [-0.39, 0.29) is 5.70 Å². The average molecular weight is 450 g/mol. The molecule has 1 aromatic heterocycles. The first-order chi connectivity index (χ1) is 15.3. The first-order valence-corrected chi connectivity index (χ1v) is 10.2. The molecule has 2 heterocycles. The van der Waals surface area contributed by atoms with Gasteiger partial charge in [0.25, 0.3) is 5.91 Å². The predicted octanol–water partition coefficient (Wildman–Crippen LogP) is 4.63. The maximum atomic E-state index is 12.9. The maximum Gasteiger partial charge on any atom is 0.339 e. The number of amides is 3. The highest BCUT2D eigenvalue weighted by molar-refractivity contribution is 6.31. The lowest BCUT2D eigenvalue weighted by molar-refractivity contribution is -0.113. The van der Waals surface area contributed by atoms with Crippen molar-refractivity contribution >= 4 is 41.3 Å². The van der Waals surface area contributed by atoms with Crippen molar-refractivity contribution in [2.45, 2.75) is 13.8 Å². The molecule has 8 heteroatoms. The Labute approximate surface area is 189 Å². The molecule has 2 aromatic carbocycles. The van der Waals surface area contributed by atoms with Gasteiger partial charge in [-0.05, 0) is 68.0 Å². The summed E-state index contributed by atoms with van der Waals surface area (Å²) < 4.78 is 6.82. The topological polar surface area (TPSA) is 80.6 Å². The summed E-state index contributed by atoms with van der Waals surface area (Å²) in [6.45, 7) is 3.78. The summed E-state index contributed by atoms with van der Waals surface area (Å²) in [5.41, 5.74) is 4.09. The Bertz CT molecular complexity index is 1270. The smallest absolute Gasteiger partial charge is 0.339 e. The van der Waals surface area contributed by atoms with Gasteiger partial charge in [-0.1, -0.05) is 23.7 Å². The van der Waals surface area contributed by atoms with Crippen molar-refractivity contribution < 1.29 is 19.1 Å². The zero-order valence-electron chi connectivity index (χ0n) is 17.7. The van der Waals surface area contributed by atoms with Gasteiger partial charge >= 0.3 is 12.0 Å². The Morgan fingerprint density at radius 2 is 1.75 bits per heavy atom. The number of para-hydroxylation sites is 1. The Morgan fingerprint density at radius 3 is 2.44 bits per heavy atom. The fraction of sp³-hybridized carbons (Fsp3) is 0.125. The second-order valence-corrected chi connectivity index (χ2v) is 7.71. The minimum atomic E-state index is -0.534. The van der Waals surface area contributed by atoms with E-state index in [2.05, 4.69) is 5.32 Å². The number of hydrogen-bond acceptors (Lipinski definition) is 4. The fourth-order valence-electron chi connectivity index (χ4n) is 3.77. The van der Waals surface area contributed by atoms with Crippen LogP contribution in [0.25, 0.3) is 11.8 Å². The molecular weight excluding hydrogens is 430 g/mol. The number of rotatable bonds is 4. The van der Waals surface area contributed by atoms with E-state index in [1.54, 1.807) is 42.5 Å². The molecule has 0 bridgehead atoms. The maximum absolute atomic E-state index is 12.9. The number of halogens is 1. The zero-order chi connectivity index (χ0) is 23.0. The number of methoxy groups -OCH3 is 1. The molecule has 0 spiro atoms. The fourth-order valence-corrected chi connectivity index (χ4v) is 3.90. The largest absolute Gasteiger partial charge is 0.465 e. The van der Waals surface area contributed by atoms with Crippen molar-refractivity contribution in [3.8, 4) is 5.69 Å². The Hall–Kier alpha value is -3.84. The molecule has 0 atom stereocenters. The third-order valence-electron chi connectivity index (χ3n) is 5.28. The number of ether oxygens (including phenoxy) is 1. The number of carbonyl (C=O) groups is 3. The van der Waals surface area contributed by atoms with Gasteiger partial charge in [0.1, 0.15) is 5.70 Å². The molecule has 1 N–H and O–H groups in total. The van der Waals surface area contributed by atoms with Crippen LogP contribution in [-0.2, 0) is 9.53 Å². The number of carbonyl (C=O) groups excluding carboxylic acids is 3. The quantitative estimate of drug-likeness (QED) is 0.357. The minimum Gasteiger partial charge on any atom is -0.465 e. The van der Waals surface area contributed by atoms with E-state index in [1.807, 2.05) is 36.6 Å². The second kappa shape index (κ2) is 8.36. The van der Waals surface area contributed by atoms with Gasteiger partial charge in [0.05, 0.1) is 24.0 Å². The molecule has 0 radical (unpaired) electrons. The van der Waals surface area contributed by atoms with Gasteiger partial charge in [0, 0.05) is 16.4 Å². The molecule has 3 aromatic rings. The van der Waals surface area contributed by atoms with Gasteiger partial charge in [-0.15, -0.1) is 0 Å². The molecular formula is C24H20ClN3O4. The summed E-state index contributed by atoms with van der Waals surface area (Å²) >= 11 is 5.91. The van der Waals surface area contributed by atoms with Crippen LogP contribution in [0.5, 0.6) is 0 Å². The molecule has 1 aliphatic heterocycles. The molecule has 4 rings (SSSR count). The standard InChI is InChI=1S/C24H20ClN3O4/c1-14-12-16(15(2)27(14)21-7-5-4-6-19(21)23(30)32-3)13-20-22(29)28(24(31)26-20)18-10-8-17(25)9-11-18/h4-13H,1-3H3,(H,26,31)/b20-13+. The number of benzene rings is 2. The van der Waals surface area contributed by atoms with E-state index in [4.69, 9.17) is 16.3 Å². The molecule has 1 fully saturated rings. The van der Waals surface area contributed by atoms with E-state index in [9.17, 15) is 14.4 Å². The first kappa shape index (κ1) is 21.4. The summed E-state index contributed by atoms with van der Waals surface area (Å²) in [5, 5.41) is 3.14. The van der Waals surface area contributed by atoms with Crippen LogP contribution in [-0.4, -0.2) is 29.6 Å². The second-order valence-electron chi connectivity index (χ2n) is 7.28. The lowest BCUT2D eigenvalue weighted by atomic mass is 10.1. The molecule has 3 amide bonds. The molecule has 0 saturated carbocycles. The number of anilines is 1. The molecule has 32 heavy (non-hydrogen) atoms. The number of urea groups is 1. The van der Waals surface area contributed by atoms with Gasteiger partial charge in [0.2, 0.25) is 0 Å². The van der Waals surface area contributed by atoms with Crippen LogP contribution in [0.15, 0.2) is 60.3 Å². The first-order valence-electron chi connectivity index (χ1n) is 9.81.